The van der Waals surface area contributed by atoms with Crippen LogP contribution in [0.3, 0.4) is 0 Å². The molecule has 0 spiro atoms. The molecule has 0 amide bonds. The Morgan fingerprint density at radius 2 is 1.68 bits per heavy atom. The van der Waals surface area contributed by atoms with Gasteiger partial charge in [-0.2, -0.15) is 0 Å². The van der Waals surface area contributed by atoms with Crippen LogP contribution in [0, 0.1) is 18.6 Å². The zero-order chi connectivity index (χ0) is 18.4. The molecule has 0 fully saturated rings. The zero-order valence-electron chi connectivity index (χ0n) is 13.6. The molecule has 2 nitrogen and oxygen atoms in total. The molecule has 0 aromatic heterocycles. The Labute approximate surface area is 153 Å². The highest BCUT2D eigenvalue weighted by Gasteiger charge is 2.23. The van der Waals surface area contributed by atoms with Crippen LogP contribution < -0.4 is 0 Å². The van der Waals surface area contributed by atoms with Crippen LogP contribution in [0.2, 0.25) is 0 Å². The highest BCUT2D eigenvalue weighted by molar-refractivity contribution is 9.10. The van der Waals surface area contributed by atoms with Crippen LogP contribution in [0.1, 0.15) is 23.1 Å². The van der Waals surface area contributed by atoms with Gasteiger partial charge in [0.2, 0.25) is 0 Å². The number of hydrogen-bond donors (Lipinski definition) is 0. The molecular formula is C19H15BrF2O2S. The first kappa shape index (κ1) is 18.0. The van der Waals surface area contributed by atoms with Gasteiger partial charge in [-0.25, -0.2) is 17.2 Å². The van der Waals surface area contributed by atoms with Crippen LogP contribution in [0.15, 0.2) is 51.9 Å². The summed E-state index contributed by atoms with van der Waals surface area (Å²) in [6.07, 6.45) is 5.14. The summed E-state index contributed by atoms with van der Waals surface area (Å²) in [5.41, 5.74) is 3.98. The second-order valence-corrected chi connectivity index (χ2v) is 8.81. The van der Waals surface area contributed by atoms with Crippen LogP contribution in [-0.4, -0.2) is 14.7 Å². The van der Waals surface area contributed by atoms with Gasteiger partial charge >= 0.3 is 0 Å². The molecule has 1 aliphatic carbocycles. The van der Waals surface area contributed by atoms with E-state index in [1.54, 1.807) is 0 Å². The molecule has 3 rings (SSSR count). The predicted molar refractivity (Wildman–Crippen MR) is 98.9 cm³/mol. The van der Waals surface area contributed by atoms with E-state index in [0.717, 1.165) is 45.1 Å². The van der Waals surface area contributed by atoms with Crippen molar-refractivity contribution in [3.8, 4) is 0 Å². The smallest absolute Gasteiger partial charge is 0.181 e. The predicted octanol–water partition coefficient (Wildman–Crippen LogP) is 5.31. The quantitative estimate of drug-likeness (QED) is 0.668. The Balaban J connectivity index is 2.16. The van der Waals surface area contributed by atoms with Crippen molar-refractivity contribution in [3.05, 3.63) is 75.3 Å². The van der Waals surface area contributed by atoms with Gasteiger partial charge in [0.15, 0.2) is 9.84 Å². The van der Waals surface area contributed by atoms with Crippen LogP contribution in [0.4, 0.5) is 8.78 Å². The fraction of sp³-hybridized carbons (Fsp3) is 0.158. The van der Waals surface area contributed by atoms with Crippen molar-refractivity contribution < 1.29 is 17.2 Å². The number of allylic oxidation sites excluding steroid dienone is 4. The molecule has 0 bridgehead atoms. The Bertz CT molecular complexity index is 1010. The highest BCUT2D eigenvalue weighted by Crippen LogP contribution is 2.37. The van der Waals surface area contributed by atoms with Gasteiger partial charge in [0.05, 0.1) is 0 Å². The molecule has 25 heavy (non-hydrogen) atoms. The Hall–Kier alpha value is -1.79. The third-order valence-electron chi connectivity index (χ3n) is 4.13. The lowest BCUT2D eigenvalue weighted by atomic mass is 9.96. The van der Waals surface area contributed by atoms with Gasteiger partial charge in [0.1, 0.15) is 16.5 Å². The molecule has 2 aromatic rings. The summed E-state index contributed by atoms with van der Waals surface area (Å²) in [5.74, 6) is -2.14. The molecule has 0 heterocycles. The van der Waals surface area contributed by atoms with E-state index in [1.165, 1.54) is 0 Å². The molecule has 0 radical (unpaired) electrons. The summed E-state index contributed by atoms with van der Waals surface area (Å²) in [7, 11) is -3.97. The third-order valence-corrected chi connectivity index (χ3v) is 6.12. The normalized spacial score (nSPS) is 14.4. The van der Waals surface area contributed by atoms with E-state index in [9.17, 15) is 17.2 Å². The maximum absolute atomic E-state index is 14.2. The van der Waals surface area contributed by atoms with Crippen molar-refractivity contribution in [3.63, 3.8) is 0 Å². The van der Waals surface area contributed by atoms with Gasteiger partial charge in [0.25, 0.3) is 0 Å². The average Bonchev–Trinajstić information content (AvgIpc) is 2.97. The first-order chi connectivity index (χ1) is 11.7. The van der Waals surface area contributed by atoms with Crippen molar-refractivity contribution in [2.75, 3.05) is 6.26 Å². The van der Waals surface area contributed by atoms with Gasteiger partial charge in [-0.1, -0.05) is 40.2 Å². The van der Waals surface area contributed by atoms with E-state index in [1.807, 2.05) is 37.3 Å². The van der Waals surface area contributed by atoms with Crippen molar-refractivity contribution in [1.82, 2.24) is 0 Å². The average molecular weight is 425 g/mol. The molecule has 6 heteroatoms. The van der Waals surface area contributed by atoms with E-state index in [4.69, 9.17) is 0 Å². The SMILES string of the molecule is Cc1ccc(C2=C(c3cc(F)c(S(C)(=O)=O)c(F)c3)CC=C2)cc1Br. The van der Waals surface area contributed by atoms with Crippen molar-refractivity contribution in [1.29, 1.82) is 0 Å². The maximum Gasteiger partial charge on any atom is 0.181 e. The van der Waals surface area contributed by atoms with Crippen LogP contribution in [-0.2, 0) is 9.84 Å². The highest BCUT2D eigenvalue weighted by atomic mass is 79.9. The monoisotopic (exact) mass is 424 g/mol. The fourth-order valence-electron chi connectivity index (χ4n) is 2.90. The molecule has 0 N–H and O–H groups in total. The molecule has 0 unspecified atom stereocenters. The maximum atomic E-state index is 14.2. The second kappa shape index (κ2) is 6.50. The van der Waals surface area contributed by atoms with Gasteiger partial charge in [-0.15, -0.1) is 0 Å². The minimum Gasteiger partial charge on any atom is -0.224 e. The molecule has 130 valence electrons. The molecule has 0 saturated carbocycles. The number of aryl methyl sites for hydroxylation is 1. The molecular weight excluding hydrogens is 410 g/mol. The largest absolute Gasteiger partial charge is 0.224 e. The second-order valence-electron chi connectivity index (χ2n) is 6.00. The zero-order valence-corrected chi connectivity index (χ0v) is 16.0. The van der Waals surface area contributed by atoms with Crippen molar-refractivity contribution in [2.45, 2.75) is 18.2 Å². The van der Waals surface area contributed by atoms with Gasteiger partial charge < -0.3 is 0 Å². The van der Waals surface area contributed by atoms with Crippen LogP contribution in [0.5, 0.6) is 0 Å². The van der Waals surface area contributed by atoms with E-state index in [-0.39, 0.29) is 0 Å². The summed E-state index contributed by atoms with van der Waals surface area (Å²) in [4.78, 5) is -0.887. The lowest BCUT2D eigenvalue weighted by Crippen LogP contribution is -2.05. The van der Waals surface area contributed by atoms with Crippen LogP contribution >= 0.6 is 15.9 Å². The topological polar surface area (TPSA) is 34.1 Å². The summed E-state index contributed by atoms with van der Waals surface area (Å²) in [5, 5.41) is 0. The Morgan fingerprint density at radius 3 is 2.24 bits per heavy atom. The molecule has 0 saturated heterocycles. The third kappa shape index (κ3) is 3.46. The standard InChI is InChI=1S/C19H15BrF2O2S/c1-11-6-7-12(8-16(11)20)14-4-3-5-15(14)13-9-17(21)19(18(22)10-13)25(2,23)24/h3-4,6-10H,5H2,1-2H3. The first-order valence-electron chi connectivity index (χ1n) is 7.54. The first-order valence-corrected chi connectivity index (χ1v) is 10.2. The molecule has 0 atom stereocenters. The summed E-state index contributed by atoms with van der Waals surface area (Å²) in [6, 6.07) is 8.04. The number of benzene rings is 2. The van der Waals surface area contributed by atoms with Gasteiger partial charge in [-0.05, 0) is 59.4 Å². The molecule has 1 aliphatic rings. The van der Waals surface area contributed by atoms with E-state index in [2.05, 4.69) is 15.9 Å². The van der Waals surface area contributed by atoms with Crippen LogP contribution in [0.25, 0.3) is 11.1 Å². The van der Waals surface area contributed by atoms with Crippen molar-refractivity contribution >= 4 is 36.9 Å². The van der Waals surface area contributed by atoms with Gasteiger partial charge in [-0.3, -0.25) is 0 Å². The van der Waals surface area contributed by atoms with E-state index >= 15 is 0 Å². The Kier molecular flexibility index (Phi) is 4.68. The minimum atomic E-state index is -3.97. The molecule has 0 aliphatic heterocycles. The van der Waals surface area contributed by atoms with Crippen molar-refractivity contribution in [2.24, 2.45) is 0 Å². The number of sulfone groups is 1. The summed E-state index contributed by atoms with van der Waals surface area (Å²) >= 11 is 3.49. The Morgan fingerprint density at radius 1 is 1.04 bits per heavy atom. The minimum absolute atomic E-state index is 0.346. The molecule has 2 aromatic carbocycles. The fourth-order valence-corrected chi connectivity index (χ4v) is 4.10. The van der Waals surface area contributed by atoms with E-state index < -0.39 is 26.4 Å². The number of hydrogen-bond acceptors (Lipinski definition) is 2. The summed E-state index contributed by atoms with van der Waals surface area (Å²) in [6.45, 7) is 1.97. The lowest BCUT2D eigenvalue weighted by molar-refractivity contribution is 0.520. The lowest BCUT2D eigenvalue weighted by Gasteiger charge is -2.12. The summed E-state index contributed by atoms with van der Waals surface area (Å²) < 4.78 is 52.5. The number of halogens is 3. The van der Waals surface area contributed by atoms with E-state index in [0.29, 0.717) is 12.0 Å². The number of rotatable bonds is 3. The van der Waals surface area contributed by atoms with Gasteiger partial charge in [0, 0.05) is 10.7 Å².